The summed E-state index contributed by atoms with van der Waals surface area (Å²) in [4.78, 5) is 29.6. The molecule has 4 rings (SSSR count). The van der Waals surface area contributed by atoms with Crippen molar-refractivity contribution in [3.05, 3.63) is 52.5 Å². The lowest BCUT2D eigenvalue weighted by Crippen LogP contribution is -2.42. The quantitative estimate of drug-likeness (QED) is 0.771. The first-order valence-corrected chi connectivity index (χ1v) is 9.84. The molecule has 0 saturated carbocycles. The number of ether oxygens (including phenoxy) is 2. The van der Waals surface area contributed by atoms with E-state index in [-0.39, 0.29) is 18.2 Å². The number of likely N-dealkylation sites (tertiary alicyclic amines) is 1. The molecule has 0 radical (unpaired) electrons. The van der Waals surface area contributed by atoms with Crippen molar-refractivity contribution in [1.29, 1.82) is 0 Å². The fourth-order valence-corrected chi connectivity index (χ4v) is 4.67. The van der Waals surface area contributed by atoms with Crippen molar-refractivity contribution in [3.8, 4) is 11.5 Å². The van der Waals surface area contributed by atoms with Crippen molar-refractivity contribution in [2.75, 3.05) is 39.3 Å². The van der Waals surface area contributed by atoms with Crippen LogP contribution in [0.4, 0.5) is 5.69 Å². The van der Waals surface area contributed by atoms with Gasteiger partial charge in [0.15, 0.2) is 0 Å². The summed E-state index contributed by atoms with van der Waals surface area (Å²) in [6.07, 6.45) is 0.834. The van der Waals surface area contributed by atoms with E-state index in [2.05, 4.69) is 0 Å². The van der Waals surface area contributed by atoms with Crippen LogP contribution >= 0.6 is 11.6 Å². The highest BCUT2D eigenvalue weighted by Gasteiger charge is 2.54. The van der Waals surface area contributed by atoms with Gasteiger partial charge in [-0.05, 0) is 47.9 Å². The number of anilines is 1. The average Bonchev–Trinajstić information content (AvgIpc) is 3.26. The maximum absolute atomic E-state index is 13.1. The Morgan fingerprint density at radius 3 is 2.66 bits per heavy atom. The zero-order valence-electron chi connectivity index (χ0n) is 16.7. The molecule has 0 aromatic heterocycles. The van der Waals surface area contributed by atoms with E-state index < -0.39 is 5.41 Å². The van der Waals surface area contributed by atoms with Crippen LogP contribution < -0.4 is 14.4 Å². The molecule has 1 spiro atoms. The zero-order chi connectivity index (χ0) is 20.8. The van der Waals surface area contributed by atoms with E-state index in [4.69, 9.17) is 21.1 Å². The molecule has 2 amide bonds. The monoisotopic (exact) mass is 414 g/mol. The summed E-state index contributed by atoms with van der Waals surface area (Å²) in [5.41, 5.74) is 1.93. The van der Waals surface area contributed by atoms with Gasteiger partial charge in [-0.3, -0.25) is 9.59 Å². The molecular weight excluding hydrogens is 392 g/mol. The molecule has 2 heterocycles. The first kappa shape index (κ1) is 19.6. The molecule has 6 nitrogen and oxygen atoms in total. The number of fused-ring (bicyclic) bond motifs is 2. The van der Waals surface area contributed by atoms with Crippen LogP contribution in [-0.4, -0.2) is 51.1 Å². The molecule has 1 saturated heterocycles. The van der Waals surface area contributed by atoms with Gasteiger partial charge in [-0.1, -0.05) is 17.7 Å². The van der Waals surface area contributed by atoms with Gasteiger partial charge in [0.05, 0.1) is 31.1 Å². The van der Waals surface area contributed by atoms with E-state index >= 15 is 0 Å². The largest absolute Gasteiger partial charge is 0.497 e. The Hall–Kier alpha value is -2.73. The summed E-state index contributed by atoms with van der Waals surface area (Å²) < 4.78 is 10.5. The summed E-state index contributed by atoms with van der Waals surface area (Å²) in [5.74, 6) is 1.30. The maximum atomic E-state index is 13.1. The third kappa shape index (κ3) is 3.12. The molecule has 152 valence electrons. The van der Waals surface area contributed by atoms with E-state index in [1.54, 1.807) is 43.2 Å². The van der Waals surface area contributed by atoms with Gasteiger partial charge < -0.3 is 19.3 Å². The third-order valence-electron chi connectivity index (χ3n) is 5.99. The summed E-state index contributed by atoms with van der Waals surface area (Å²) in [7, 11) is 4.95. The fourth-order valence-electron chi connectivity index (χ4n) is 4.39. The molecule has 0 bridgehead atoms. The molecule has 29 heavy (non-hydrogen) atoms. The van der Waals surface area contributed by atoms with Crippen molar-refractivity contribution < 1.29 is 19.1 Å². The minimum atomic E-state index is -0.703. The number of hydrogen-bond donors (Lipinski definition) is 0. The van der Waals surface area contributed by atoms with Crippen LogP contribution in [-0.2, 0) is 21.4 Å². The number of benzene rings is 2. The predicted molar refractivity (Wildman–Crippen MR) is 111 cm³/mol. The van der Waals surface area contributed by atoms with Crippen molar-refractivity contribution in [2.24, 2.45) is 0 Å². The van der Waals surface area contributed by atoms with Gasteiger partial charge in [-0.2, -0.15) is 0 Å². The molecule has 2 aliphatic heterocycles. The van der Waals surface area contributed by atoms with Crippen molar-refractivity contribution >= 4 is 29.1 Å². The smallest absolute Gasteiger partial charge is 0.239 e. The highest BCUT2D eigenvalue weighted by Crippen LogP contribution is 2.48. The number of methoxy groups -OCH3 is 2. The van der Waals surface area contributed by atoms with Gasteiger partial charge in [-0.15, -0.1) is 0 Å². The summed E-state index contributed by atoms with van der Waals surface area (Å²) in [6.45, 7) is 0.915. The minimum absolute atomic E-state index is 0.0186. The lowest BCUT2D eigenvalue weighted by Gasteiger charge is -2.23. The summed E-state index contributed by atoms with van der Waals surface area (Å²) >= 11 is 6.18. The number of rotatable bonds is 4. The van der Waals surface area contributed by atoms with Gasteiger partial charge in [0.25, 0.3) is 0 Å². The van der Waals surface area contributed by atoms with Crippen molar-refractivity contribution in [1.82, 2.24) is 4.90 Å². The number of nitrogens with zero attached hydrogens (tertiary/aromatic N) is 2. The molecular formula is C22H23ClN2O4. The Morgan fingerprint density at radius 2 is 1.97 bits per heavy atom. The van der Waals surface area contributed by atoms with Crippen LogP contribution in [0, 0.1) is 0 Å². The van der Waals surface area contributed by atoms with E-state index in [9.17, 15) is 9.59 Å². The van der Waals surface area contributed by atoms with Crippen LogP contribution in [0.15, 0.2) is 36.4 Å². The van der Waals surface area contributed by atoms with E-state index in [0.717, 1.165) is 16.8 Å². The zero-order valence-corrected chi connectivity index (χ0v) is 17.5. The summed E-state index contributed by atoms with van der Waals surface area (Å²) in [5, 5.41) is 0.476. The Bertz CT molecular complexity index is 993. The van der Waals surface area contributed by atoms with Crippen LogP contribution in [0.5, 0.6) is 11.5 Å². The summed E-state index contributed by atoms with van der Waals surface area (Å²) in [6, 6.07) is 11.0. The lowest BCUT2D eigenvalue weighted by atomic mass is 9.81. The van der Waals surface area contributed by atoms with Crippen molar-refractivity contribution in [3.63, 3.8) is 0 Å². The number of amides is 2. The third-order valence-corrected chi connectivity index (χ3v) is 6.28. The first-order chi connectivity index (χ1) is 13.9. The average molecular weight is 415 g/mol. The number of likely N-dealkylation sites (N-methyl/N-ethyl adjacent to an activating group) is 1. The normalized spacial score (nSPS) is 20.3. The highest BCUT2D eigenvalue weighted by atomic mass is 35.5. The van der Waals surface area contributed by atoms with E-state index in [1.165, 1.54) is 0 Å². The number of carbonyl (C=O) groups excluding carboxylic acids is 2. The molecule has 0 unspecified atom stereocenters. The van der Waals surface area contributed by atoms with Gasteiger partial charge >= 0.3 is 0 Å². The van der Waals surface area contributed by atoms with Gasteiger partial charge in [0.1, 0.15) is 11.5 Å². The van der Waals surface area contributed by atoms with Crippen LogP contribution in [0.1, 0.15) is 17.5 Å². The molecule has 0 N–H and O–H groups in total. The van der Waals surface area contributed by atoms with Gasteiger partial charge in [0.2, 0.25) is 11.8 Å². The topological polar surface area (TPSA) is 59.1 Å². The molecule has 0 aliphatic carbocycles. The van der Waals surface area contributed by atoms with Crippen LogP contribution in [0.3, 0.4) is 0 Å². The number of carbonyl (C=O) groups is 2. The lowest BCUT2D eigenvalue weighted by molar-refractivity contribution is -0.130. The molecule has 2 aliphatic rings. The molecule has 7 heteroatoms. The second-order valence-electron chi connectivity index (χ2n) is 7.54. The first-order valence-electron chi connectivity index (χ1n) is 9.46. The van der Waals surface area contributed by atoms with Crippen LogP contribution in [0.25, 0.3) is 0 Å². The Kier molecular flexibility index (Phi) is 4.90. The fraction of sp³-hybridized carbons (Fsp3) is 0.364. The molecule has 2 aromatic rings. The van der Waals surface area contributed by atoms with E-state index in [1.807, 2.05) is 24.3 Å². The van der Waals surface area contributed by atoms with Crippen LogP contribution in [0.2, 0.25) is 5.02 Å². The molecule has 1 atom stereocenters. The Labute approximate surface area is 174 Å². The SMILES string of the molecule is COc1ccc2c(c1)[C@@]1(CCN(C(=O)Cc3ccc(OC)c(Cl)c3)C1)C(=O)N2C. The van der Waals surface area contributed by atoms with E-state index in [0.29, 0.717) is 36.0 Å². The predicted octanol–water partition coefficient (Wildman–Crippen LogP) is 3.05. The maximum Gasteiger partial charge on any atom is 0.239 e. The highest BCUT2D eigenvalue weighted by molar-refractivity contribution is 6.32. The minimum Gasteiger partial charge on any atom is -0.497 e. The Morgan fingerprint density at radius 1 is 1.17 bits per heavy atom. The number of hydrogen-bond acceptors (Lipinski definition) is 4. The Balaban J connectivity index is 1.56. The molecule has 2 aromatic carbocycles. The molecule has 1 fully saturated rings. The number of halogens is 1. The standard InChI is InChI=1S/C22H23ClN2O4/c1-24-18-6-5-15(28-2)12-16(18)22(21(24)27)8-9-25(13-22)20(26)11-14-4-7-19(29-3)17(23)10-14/h4-7,10,12H,8-9,11,13H2,1-3H3/t22-/m0/s1. The second-order valence-corrected chi connectivity index (χ2v) is 7.95. The van der Waals surface area contributed by atoms with Crippen molar-refractivity contribution in [2.45, 2.75) is 18.3 Å². The van der Waals surface area contributed by atoms with Gasteiger partial charge in [-0.25, -0.2) is 0 Å². The van der Waals surface area contributed by atoms with Gasteiger partial charge in [0, 0.05) is 25.8 Å². The second kappa shape index (κ2) is 7.26.